The minimum Gasteiger partial charge on any atom is -0.492 e. The SMILES string of the molecule is CCOc1cccc2c1[nH]c(=S)n2C1CNC(=O)C1. The Bertz CT molecular complexity index is 689. The van der Waals surface area contributed by atoms with E-state index in [0.717, 1.165) is 16.8 Å². The van der Waals surface area contributed by atoms with Gasteiger partial charge in [-0.1, -0.05) is 6.07 Å². The van der Waals surface area contributed by atoms with E-state index in [-0.39, 0.29) is 11.9 Å². The first-order valence-corrected chi connectivity index (χ1v) is 6.74. The maximum absolute atomic E-state index is 11.4. The molecular formula is C13H15N3O2S. The second-order valence-electron chi connectivity index (χ2n) is 4.55. The first-order chi connectivity index (χ1) is 9.20. The van der Waals surface area contributed by atoms with E-state index < -0.39 is 0 Å². The van der Waals surface area contributed by atoms with Gasteiger partial charge in [0.1, 0.15) is 11.3 Å². The molecule has 3 rings (SSSR count). The van der Waals surface area contributed by atoms with E-state index in [0.29, 0.717) is 24.3 Å². The van der Waals surface area contributed by atoms with Crippen molar-refractivity contribution < 1.29 is 9.53 Å². The first kappa shape index (κ1) is 12.2. The third-order valence-electron chi connectivity index (χ3n) is 3.34. The largest absolute Gasteiger partial charge is 0.492 e. The molecule has 1 aromatic heterocycles. The van der Waals surface area contributed by atoms with Gasteiger partial charge in [-0.25, -0.2) is 0 Å². The summed E-state index contributed by atoms with van der Waals surface area (Å²) in [5.74, 6) is 0.865. The number of carbonyl (C=O) groups is 1. The molecule has 6 heteroatoms. The van der Waals surface area contributed by atoms with Gasteiger partial charge < -0.3 is 19.6 Å². The average molecular weight is 277 g/mol. The normalized spacial score (nSPS) is 18.8. The minimum absolute atomic E-state index is 0.0715. The van der Waals surface area contributed by atoms with Crippen LogP contribution in [0.3, 0.4) is 0 Å². The number of aromatic amines is 1. The number of amides is 1. The molecule has 19 heavy (non-hydrogen) atoms. The molecule has 5 nitrogen and oxygen atoms in total. The summed E-state index contributed by atoms with van der Waals surface area (Å²) in [7, 11) is 0. The smallest absolute Gasteiger partial charge is 0.222 e. The Balaban J connectivity index is 2.15. The van der Waals surface area contributed by atoms with Gasteiger partial charge in [-0.2, -0.15) is 0 Å². The lowest BCUT2D eigenvalue weighted by molar-refractivity contribution is -0.119. The molecule has 0 spiro atoms. The maximum Gasteiger partial charge on any atom is 0.222 e. The molecule has 2 aromatic rings. The Hall–Kier alpha value is -1.82. The van der Waals surface area contributed by atoms with Gasteiger partial charge in [-0.05, 0) is 31.3 Å². The molecule has 1 unspecified atom stereocenters. The zero-order valence-electron chi connectivity index (χ0n) is 10.6. The van der Waals surface area contributed by atoms with E-state index in [2.05, 4.69) is 10.3 Å². The molecule has 0 radical (unpaired) electrons. The van der Waals surface area contributed by atoms with Gasteiger partial charge in [0.2, 0.25) is 5.91 Å². The van der Waals surface area contributed by atoms with Crippen LogP contribution in [0.5, 0.6) is 5.75 Å². The van der Waals surface area contributed by atoms with Crippen LogP contribution in [0.1, 0.15) is 19.4 Å². The summed E-state index contributed by atoms with van der Waals surface area (Å²) in [5, 5.41) is 2.84. The fraction of sp³-hybridized carbons (Fsp3) is 0.385. The molecule has 1 aliphatic heterocycles. The monoisotopic (exact) mass is 277 g/mol. The number of benzene rings is 1. The summed E-state index contributed by atoms with van der Waals surface area (Å²) >= 11 is 5.38. The van der Waals surface area contributed by atoms with Crippen molar-refractivity contribution in [1.82, 2.24) is 14.9 Å². The lowest BCUT2D eigenvalue weighted by Crippen LogP contribution is -2.15. The van der Waals surface area contributed by atoms with Crippen molar-refractivity contribution in [3.8, 4) is 5.75 Å². The lowest BCUT2D eigenvalue weighted by atomic mass is 10.2. The van der Waals surface area contributed by atoms with Crippen LogP contribution in [0.4, 0.5) is 0 Å². The van der Waals surface area contributed by atoms with Crippen LogP contribution in [-0.2, 0) is 4.79 Å². The number of aromatic nitrogens is 2. The highest BCUT2D eigenvalue weighted by Gasteiger charge is 2.25. The van der Waals surface area contributed by atoms with Crippen molar-refractivity contribution >= 4 is 29.2 Å². The second-order valence-corrected chi connectivity index (χ2v) is 4.93. The van der Waals surface area contributed by atoms with Crippen molar-refractivity contribution in [1.29, 1.82) is 0 Å². The highest BCUT2D eigenvalue weighted by Crippen LogP contribution is 2.29. The number of carbonyl (C=O) groups excluding carboxylic acids is 1. The predicted molar refractivity (Wildman–Crippen MR) is 75.0 cm³/mol. The molecule has 0 saturated carbocycles. The van der Waals surface area contributed by atoms with Crippen molar-refractivity contribution in [3.63, 3.8) is 0 Å². The predicted octanol–water partition coefficient (Wildman–Crippen LogP) is 2.16. The van der Waals surface area contributed by atoms with Crippen molar-refractivity contribution in [3.05, 3.63) is 23.0 Å². The van der Waals surface area contributed by atoms with Gasteiger partial charge in [0.15, 0.2) is 4.77 Å². The fourth-order valence-corrected chi connectivity index (χ4v) is 2.88. The Kier molecular flexibility index (Phi) is 3.02. The molecule has 1 atom stereocenters. The summed E-state index contributed by atoms with van der Waals surface area (Å²) in [6.45, 7) is 3.18. The van der Waals surface area contributed by atoms with Crippen LogP contribution < -0.4 is 10.1 Å². The number of rotatable bonds is 3. The maximum atomic E-state index is 11.4. The Morgan fingerprint density at radius 1 is 1.53 bits per heavy atom. The summed E-state index contributed by atoms with van der Waals surface area (Å²) in [5.41, 5.74) is 1.88. The Morgan fingerprint density at radius 3 is 3.05 bits per heavy atom. The summed E-state index contributed by atoms with van der Waals surface area (Å²) in [6.07, 6.45) is 0.472. The molecule has 2 heterocycles. The topological polar surface area (TPSA) is 59.0 Å². The second kappa shape index (κ2) is 4.70. The van der Waals surface area contributed by atoms with Crippen molar-refractivity contribution in [2.45, 2.75) is 19.4 Å². The molecule has 0 bridgehead atoms. The Labute approximate surface area is 115 Å². The number of H-pyrrole nitrogens is 1. The van der Waals surface area contributed by atoms with E-state index in [4.69, 9.17) is 17.0 Å². The van der Waals surface area contributed by atoms with Crippen molar-refractivity contribution in [2.75, 3.05) is 13.2 Å². The van der Waals surface area contributed by atoms with Crippen LogP contribution in [0.2, 0.25) is 0 Å². The van der Waals surface area contributed by atoms with E-state index in [1.165, 1.54) is 0 Å². The fourth-order valence-electron chi connectivity index (χ4n) is 2.53. The number of ether oxygens (including phenoxy) is 1. The molecule has 2 N–H and O–H groups in total. The third-order valence-corrected chi connectivity index (χ3v) is 3.63. The number of para-hydroxylation sites is 1. The summed E-state index contributed by atoms with van der Waals surface area (Å²) < 4.78 is 8.23. The molecule has 1 fully saturated rings. The Morgan fingerprint density at radius 2 is 2.37 bits per heavy atom. The molecular weight excluding hydrogens is 262 g/mol. The summed E-state index contributed by atoms with van der Waals surface area (Å²) in [4.78, 5) is 14.6. The molecule has 1 saturated heterocycles. The highest BCUT2D eigenvalue weighted by molar-refractivity contribution is 7.71. The number of hydrogen-bond acceptors (Lipinski definition) is 3. The van der Waals surface area contributed by atoms with Gasteiger partial charge in [-0.15, -0.1) is 0 Å². The summed E-state index contributed by atoms with van der Waals surface area (Å²) in [6, 6.07) is 5.92. The zero-order chi connectivity index (χ0) is 13.4. The van der Waals surface area contributed by atoms with E-state index >= 15 is 0 Å². The number of fused-ring (bicyclic) bond motifs is 1. The average Bonchev–Trinajstić information content (AvgIpc) is 2.93. The van der Waals surface area contributed by atoms with Crippen LogP contribution in [-0.4, -0.2) is 28.6 Å². The van der Waals surface area contributed by atoms with Crippen LogP contribution >= 0.6 is 12.2 Å². The highest BCUT2D eigenvalue weighted by atomic mass is 32.1. The first-order valence-electron chi connectivity index (χ1n) is 6.33. The lowest BCUT2D eigenvalue weighted by Gasteiger charge is -2.11. The van der Waals surface area contributed by atoms with Gasteiger partial charge >= 0.3 is 0 Å². The molecule has 1 aliphatic rings. The zero-order valence-corrected chi connectivity index (χ0v) is 11.4. The number of nitrogens with one attached hydrogen (secondary N) is 2. The molecule has 1 aromatic carbocycles. The molecule has 100 valence electrons. The van der Waals surface area contributed by atoms with Gasteiger partial charge in [0.05, 0.1) is 18.2 Å². The minimum atomic E-state index is 0.0715. The number of nitrogens with zero attached hydrogens (tertiary/aromatic N) is 1. The van der Waals surface area contributed by atoms with E-state index in [9.17, 15) is 4.79 Å². The standard InChI is InChI=1S/C13H15N3O2S/c1-2-18-10-5-3-4-9-12(10)15-13(19)16(9)8-6-11(17)14-7-8/h3-5,8H,2,6-7H2,1H3,(H,14,17)(H,15,19). The van der Waals surface area contributed by atoms with Gasteiger partial charge in [-0.3, -0.25) is 4.79 Å². The number of imidazole rings is 1. The quantitative estimate of drug-likeness (QED) is 0.845. The van der Waals surface area contributed by atoms with Gasteiger partial charge in [0, 0.05) is 13.0 Å². The third kappa shape index (κ3) is 2.02. The van der Waals surface area contributed by atoms with Crippen LogP contribution in [0, 0.1) is 4.77 Å². The van der Waals surface area contributed by atoms with E-state index in [1.54, 1.807) is 0 Å². The number of hydrogen-bond donors (Lipinski definition) is 2. The molecule has 1 amide bonds. The van der Waals surface area contributed by atoms with Crippen LogP contribution in [0.25, 0.3) is 11.0 Å². The van der Waals surface area contributed by atoms with Gasteiger partial charge in [0.25, 0.3) is 0 Å². The molecule has 0 aliphatic carbocycles. The van der Waals surface area contributed by atoms with Crippen molar-refractivity contribution in [2.24, 2.45) is 0 Å². The van der Waals surface area contributed by atoms with E-state index in [1.807, 2.05) is 29.7 Å². The van der Waals surface area contributed by atoms with Crippen LogP contribution in [0.15, 0.2) is 18.2 Å².